The molecule has 0 radical (unpaired) electrons. The number of carbonyl (C=O) groups excluding carboxylic acids is 2. The number of nitrogens with zero attached hydrogens (tertiary/aromatic N) is 1. The minimum atomic E-state index is -0.517. The van der Waals surface area contributed by atoms with Crippen LogP contribution in [-0.4, -0.2) is 17.1 Å². The van der Waals surface area contributed by atoms with Crippen molar-refractivity contribution in [2.45, 2.75) is 16.6 Å². The van der Waals surface area contributed by atoms with E-state index in [0.29, 0.717) is 5.69 Å². The molecule has 0 spiro atoms. The predicted molar refractivity (Wildman–Crippen MR) is 94.1 cm³/mol. The minimum Gasteiger partial charge on any atom is -0.399 e. The van der Waals surface area contributed by atoms with Crippen LogP contribution in [0.25, 0.3) is 0 Å². The van der Waals surface area contributed by atoms with Crippen molar-refractivity contribution in [1.82, 2.24) is 0 Å². The fraction of sp³-hybridized carbons (Fsp3) is 0.125. The normalized spacial score (nSPS) is 17.8. The minimum absolute atomic E-state index is 0.0971. The monoisotopic (exact) mass is 366 g/mol. The molecule has 3 rings (SSSR count). The van der Waals surface area contributed by atoms with Crippen molar-refractivity contribution in [3.63, 3.8) is 0 Å². The first-order valence-electron chi connectivity index (χ1n) is 6.80. The summed E-state index contributed by atoms with van der Waals surface area (Å²) in [6.07, 6.45) is 0.0971. The van der Waals surface area contributed by atoms with Gasteiger partial charge in [0.05, 0.1) is 21.0 Å². The summed E-state index contributed by atoms with van der Waals surface area (Å²) >= 11 is 13.5. The van der Waals surface area contributed by atoms with Crippen LogP contribution in [-0.2, 0) is 9.59 Å². The van der Waals surface area contributed by atoms with E-state index in [1.54, 1.807) is 30.3 Å². The zero-order valence-corrected chi connectivity index (χ0v) is 14.2. The van der Waals surface area contributed by atoms with E-state index in [1.807, 2.05) is 12.1 Å². The van der Waals surface area contributed by atoms with Gasteiger partial charge in [0, 0.05) is 17.0 Å². The lowest BCUT2D eigenvalue weighted by atomic mass is 10.3. The van der Waals surface area contributed by atoms with Gasteiger partial charge in [-0.15, -0.1) is 11.8 Å². The van der Waals surface area contributed by atoms with Crippen molar-refractivity contribution in [2.75, 3.05) is 10.6 Å². The summed E-state index contributed by atoms with van der Waals surface area (Å²) in [5.74, 6) is -0.635. The second kappa shape index (κ2) is 6.43. The number of hydrogen-bond donors (Lipinski definition) is 1. The lowest BCUT2D eigenvalue weighted by Gasteiger charge is -2.17. The van der Waals surface area contributed by atoms with E-state index in [-0.39, 0.29) is 34.0 Å². The predicted octanol–water partition coefficient (Wildman–Crippen LogP) is 4.00. The number of nitrogen functional groups attached to an aromatic ring is 1. The molecule has 1 saturated heterocycles. The Kier molecular flexibility index (Phi) is 4.53. The van der Waals surface area contributed by atoms with Gasteiger partial charge >= 0.3 is 0 Å². The number of benzene rings is 2. The molecular formula is C16H12Cl2N2O2S. The Hall–Kier alpha value is -1.69. The average molecular weight is 367 g/mol. The topological polar surface area (TPSA) is 63.4 Å². The molecule has 1 heterocycles. The van der Waals surface area contributed by atoms with Gasteiger partial charge < -0.3 is 5.73 Å². The first kappa shape index (κ1) is 16.2. The number of nitrogens with two attached hydrogens (primary N) is 1. The van der Waals surface area contributed by atoms with Gasteiger partial charge in [-0.05, 0) is 30.3 Å². The van der Waals surface area contributed by atoms with Gasteiger partial charge in [-0.3, -0.25) is 9.59 Å². The van der Waals surface area contributed by atoms with Crippen LogP contribution in [0.2, 0.25) is 10.0 Å². The van der Waals surface area contributed by atoms with E-state index in [1.165, 1.54) is 11.8 Å². The fourth-order valence-electron chi connectivity index (χ4n) is 2.39. The van der Waals surface area contributed by atoms with E-state index in [4.69, 9.17) is 28.9 Å². The van der Waals surface area contributed by atoms with Crippen LogP contribution in [0.1, 0.15) is 6.42 Å². The van der Waals surface area contributed by atoms with Gasteiger partial charge in [0.1, 0.15) is 0 Å². The molecule has 0 aromatic heterocycles. The van der Waals surface area contributed by atoms with Gasteiger partial charge in [-0.1, -0.05) is 35.3 Å². The Morgan fingerprint density at radius 2 is 1.74 bits per heavy atom. The second-order valence-corrected chi connectivity index (χ2v) is 7.11. The third-order valence-corrected chi connectivity index (χ3v) is 5.19. The molecular weight excluding hydrogens is 355 g/mol. The van der Waals surface area contributed by atoms with E-state index < -0.39 is 5.25 Å². The summed E-state index contributed by atoms with van der Waals surface area (Å²) in [6.45, 7) is 0. The fourth-order valence-corrected chi connectivity index (χ4v) is 4.07. The molecule has 2 amide bonds. The number of anilines is 2. The molecule has 118 valence electrons. The van der Waals surface area contributed by atoms with Crippen LogP contribution in [0.4, 0.5) is 11.4 Å². The van der Waals surface area contributed by atoms with E-state index >= 15 is 0 Å². The Morgan fingerprint density at radius 3 is 2.39 bits per heavy atom. The highest BCUT2D eigenvalue weighted by Crippen LogP contribution is 2.40. The van der Waals surface area contributed by atoms with Crippen molar-refractivity contribution >= 4 is 58.2 Å². The Balaban J connectivity index is 1.88. The van der Waals surface area contributed by atoms with E-state index in [0.717, 1.165) is 9.80 Å². The molecule has 1 aliphatic heterocycles. The van der Waals surface area contributed by atoms with E-state index in [9.17, 15) is 9.59 Å². The first-order valence-corrected chi connectivity index (χ1v) is 8.44. The first-order chi connectivity index (χ1) is 11.0. The maximum atomic E-state index is 12.6. The molecule has 1 aliphatic rings. The second-order valence-electron chi connectivity index (χ2n) is 5.02. The van der Waals surface area contributed by atoms with Crippen LogP contribution >= 0.6 is 35.0 Å². The van der Waals surface area contributed by atoms with Crippen LogP contribution in [0.5, 0.6) is 0 Å². The third-order valence-electron chi connectivity index (χ3n) is 3.40. The number of carbonyl (C=O) groups is 2. The van der Waals surface area contributed by atoms with Crippen molar-refractivity contribution in [1.29, 1.82) is 0 Å². The standard InChI is InChI=1S/C16H12Cl2N2O2S/c17-11-5-2-6-12(18)15(11)20-14(21)8-13(16(20)22)23-10-4-1-3-9(19)7-10/h1-7,13H,8,19H2/t13-/m0/s1. The molecule has 2 aromatic carbocycles. The number of thioether (sulfide) groups is 1. The maximum absolute atomic E-state index is 12.6. The van der Waals surface area contributed by atoms with Crippen molar-refractivity contribution < 1.29 is 9.59 Å². The molecule has 1 fully saturated rings. The van der Waals surface area contributed by atoms with Crippen LogP contribution in [0, 0.1) is 0 Å². The molecule has 0 unspecified atom stereocenters. The largest absolute Gasteiger partial charge is 0.399 e. The molecule has 2 aromatic rings. The molecule has 0 aliphatic carbocycles. The van der Waals surface area contributed by atoms with Crippen molar-refractivity contribution in [3.8, 4) is 0 Å². The summed E-state index contributed by atoms with van der Waals surface area (Å²) < 4.78 is 0. The lowest BCUT2D eigenvalue weighted by Crippen LogP contribution is -2.31. The molecule has 23 heavy (non-hydrogen) atoms. The summed E-state index contributed by atoms with van der Waals surface area (Å²) in [5, 5.41) is 0.0271. The summed E-state index contributed by atoms with van der Waals surface area (Å²) in [7, 11) is 0. The SMILES string of the molecule is Nc1cccc(S[C@H]2CC(=O)N(c3c(Cl)cccc3Cl)C2=O)c1. The van der Waals surface area contributed by atoms with Crippen LogP contribution in [0.15, 0.2) is 47.4 Å². The number of hydrogen-bond acceptors (Lipinski definition) is 4. The number of rotatable bonds is 3. The van der Waals surface area contributed by atoms with Gasteiger partial charge in [0.2, 0.25) is 11.8 Å². The van der Waals surface area contributed by atoms with Gasteiger partial charge in [-0.25, -0.2) is 4.90 Å². The summed E-state index contributed by atoms with van der Waals surface area (Å²) in [4.78, 5) is 26.9. The van der Waals surface area contributed by atoms with Crippen molar-refractivity contribution in [3.05, 3.63) is 52.5 Å². The number of halogens is 2. The lowest BCUT2D eigenvalue weighted by molar-refractivity contribution is -0.121. The molecule has 0 saturated carbocycles. The molecule has 4 nitrogen and oxygen atoms in total. The van der Waals surface area contributed by atoms with Crippen LogP contribution < -0.4 is 10.6 Å². The van der Waals surface area contributed by atoms with E-state index in [2.05, 4.69) is 0 Å². The molecule has 1 atom stereocenters. The molecule has 7 heteroatoms. The zero-order valence-electron chi connectivity index (χ0n) is 11.8. The highest BCUT2D eigenvalue weighted by Gasteiger charge is 2.41. The number of para-hydroxylation sites is 1. The maximum Gasteiger partial charge on any atom is 0.247 e. The third kappa shape index (κ3) is 3.17. The average Bonchev–Trinajstić information content (AvgIpc) is 2.75. The smallest absolute Gasteiger partial charge is 0.247 e. The van der Waals surface area contributed by atoms with Crippen molar-refractivity contribution in [2.24, 2.45) is 0 Å². The van der Waals surface area contributed by atoms with Gasteiger partial charge in [-0.2, -0.15) is 0 Å². The number of imide groups is 1. The zero-order chi connectivity index (χ0) is 16.6. The molecule has 2 N–H and O–H groups in total. The summed E-state index contributed by atoms with van der Waals surface area (Å²) in [6, 6.07) is 12.1. The Labute approximate surface area is 147 Å². The Bertz CT molecular complexity index is 777. The number of amides is 2. The Morgan fingerprint density at radius 1 is 1.09 bits per heavy atom. The quantitative estimate of drug-likeness (QED) is 0.658. The highest BCUT2D eigenvalue weighted by molar-refractivity contribution is 8.00. The molecule has 0 bridgehead atoms. The van der Waals surface area contributed by atoms with Crippen LogP contribution in [0.3, 0.4) is 0 Å². The van der Waals surface area contributed by atoms with Gasteiger partial charge in [0.25, 0.3) is 0 Å². The summed E-state index contributed by atoms with van der Waals surface area (Å²) in [5.41, 5.74) is 6.60. The highest BCUT2D eigenvalue weighted by atomic mass is 35.5. The van der Waals surface area contributed by atoms with Gasteiger partial charge in [0.15, 0.2) is 0 Å².